The van der Waals surface area contributed by atoms with Crippen LogP contribution in [0, 0.1) is 5.92 Å². The van der Waals surface area contributed by atoms with Gasteiger partial charge in [-0.2, -0.15) is 0 Å². The van der Waals surface area contributed by atoms with E-state index in [1.165, 1.54) is 12.8 Å². The van der Waals surface area contributed by atoms with Gasteiger partial charge in [0, 0.05) is 6.61 Å². The highest BCUT2D eigenvalue weighted by Gasteiger charge is 2.33. The molecule has 2 atom stereocenters. The standard InChI is InChI=1S/C18H26N2O3/c19-16-11-13-3-7-15(8-4-13)23-10-2-1-9-22-12-17(14-5-6-14)20-18(16)21/h3-4,7-8,14,16-17H,1-2,5-6,9-12,19H2,(H,20,21)/t16-,17-/m1/s1. The molecule has 0 radical (unpaired) electrons. The van der Waals surface area contributed by atoms with Crippen LogP contribution in [0.3, 0.4) is 0 Å². The van der Waals surface area contributed by atoms with E-state index >= 15 is 0 Å². The highest BCUT2D eigenvalue weighted by atomic mass is 16.5. The Morgan fingerprint density at radius 2 is 1.83 bits per heavy atom. The number of carbonyl (C=O) groups is 1. The van der Waals surface area contributed by atoms with E-state index in [1.807, 2.05) is 24.3 Å². The van der Waals surface area contributed by atoms with Crippen molar-refractivity contribution in [1.82, 2.24) is 5.32 Å². The molecule has 2 aliphatic heterocycles. The van der Waals surface area contributed by atoms with Crippen molar-refractivity contribution in [2.45, 2.75) is 44.2 Å². The second kappa shape index (κ2) is 7.79. The summed E-state index contributed by atoms with van der Waals surface area (Å²) in [7, 11) is 0. The van der Waals surface area contributed by atoms with Gasteiger partial charge in [-0.25, -0.2) is 0 Å². The number of rotatable bonds is 1. The molecule has 23 heavy (non-hydrogen) atoms. The Morgan fingerprint density at radius 1 is 1.09 bits per heavy atom. The van der Waals surface area contributed by atoms with Gasteiger partial charge in [0.15, 0.2) is 0 Å². The van der Waals surface area contributed by atoms with Crippen molar-refractivity contribution >= 4 is 5.91 Å². The number of ether oxygens (including phenoxy) is 2. The molecule has 1 aliphatic carbocycles. The van der Waals surface area contributed by atoms with Crippen molar-refractivity contribution < 1.29 is 14.3 Å². The van der Waals surface area contributed by atoms with Gasteiger partial charge in [0.05, 0.1) is 25.3 Å². The van der Waals surface area contributed by atoms with Gasteiger partial charge < -0.3 is 20.5 Å². The molecule has 1 aromatic rings. The van der Waals surface area contributed by atoms with Crippen molar-refractivity contribution in [3.8, 4) is 5.75 Å². The summed E-state index contributed by atoms with van der Waals surface area (Å²) in [6, 6.07) is 7.41. The fourth-order valence-electron chi connectivity index (χ4n) is 2.86. The van der Waals surface area contributed by atoms with Crippen molar-refractivity contribution in [3.63, 3.8) is 0 Å². The van der Waals surface area contributed by atoms with Crippen LogP contribution in [0.5, 0.6) is 5.75 Å². The zero-order valence-corrected chi connectivity index (χ0v) is 13.5. The summed E-state index contributed by atoms with van der Waals surface area (Å²) in [5, 5.41) is 3.09. The molecule has 5 heteroatoms. The molecule has 2 bridgehead atoms. The van der Waals surface area contributed by atoms with Gasteiger partial charge in [0.25, 0.3) is 0 Å². The first-order valence-electron chi connectivity index (χ1n) is 8.58. The Hall–Kier alpha value is -1.59. The maximum absolute atomic E-state index is 12.3. The predicted molar refractivity (Wildman–Crippen MR) is 88.3 cm³/mol. The first-order valence-corrected chi connectivity index (χ1v) is 8.58. The topological polar surface area (TPSA) is 73.6 Å². The largest absolute Gasteiger partial charge is 0.494 e. The molecule has 0 unspecified atom stereocenters. The smallest absolute Gasteiger partial charge is 0.237 e. The summed E-state index contributed by atoms with van der Waals surface area (Å²) in [5.41, 5.74) is 7.12. The number of benzene rings is 1. The van der Waals surface area contributed by atoms with Crippen molar-refractivity contribution in [2.75, 3.05) is 19.8 Å². The number of nitrogens with two attached hydrogens (primary N) is 1. The van der Waals surface area contributed by atoms with E-state index in [4.69, 9.17) is 15.2 Å². The number of carbonyl (C=O) groups excluding carboxylic acids is 1. The number of amides is 1. The van der Waals surface area contributed by atoms with Gasteiger partial charge in [-0.1, -0.05) is 12.1 Å². The van der Waals surface area contributed by atoms with Crippen LogP contribution in [0.4, 0.5) is 0 Å². The van der Waals surface area contributed by atoms with Gasteiger partial charge in [-0.3, -0.25) is 4.79 Å². The minimum absolute atomic E-state index is 0.0853. The average Bonchev–Trinajstić information content (AvgIpc) is 3.38. The van der Waals surface area contributed by atoms with Crippen LogP contribution in [-0.2, 0) is 16.0 Å². The highest BCUT2D eigenvalue weighted by molar-refractivity contribution is 5.82. The zero-order chi connectivity index (χ0) is 16.1. The third-order valence-corrected chi connectivity index (χ3v) is 4.48. The fraction of sp³-hybridized carbons (Fsp3) is 0.611. The average molecular weight is 318 g/mol. The van der Waals surface area contributed by atoms with Crippen LogP contribution in [0.1, 0.15) is 31.2 Å². The van der Waals surface area contributed by atoms with Crippen molar-refractivity contribution in [2.24, 2.45) is 11.7 Å². The van der Waals surface area contributed by atoms with E-state index in [2.05, 4.69) is 5.32 Å². The van der Waals surface area contributed by atoms with Crippen LogP contribution in [0.25, 0.3) is 0 Å². The zero-order valence-electron chi connectivity index (χ0n) is 13.5. The van der Waals surface area contributed by atoms with Crippen LogP contribution in [-0.4, -0.2) is 37.8 Å². The molecular weight excluding hydrogens is 292 g/mol. The van der Waals surface area contributed by atoms with Crippen LogP contribution in [0.15, 0.2) is 24.3 Å². The second-order valence-electron chi connectivity index (χ2n) is 6.54. The SMILES string of the molecule is N[C@@H]1Cc2ccc(cc2)OCCCCOC[C@H](C2CC2)NC1=O. The Morgan fingerprint density at radius 3 is 2.57 bits per heavy atom. The van der Waals surface area contributed by atoms with Gasteiger partial charge in [0.2, 0.25) is 5.91 Å². The Bertz CT molecular complexity index is 514. The Labute approximate surface area is 137 Å². The molecule has 1 aromatic carbocycles. The first-order chi connectivity index (χ1) is 11.2. The molecule has 5 nitrogen and oxygen atoms in total. The number of nitrogens with one attached hydrogen (secondary N) is 1. The van der Waals surface area contributed by atoms with E-state index in [1.54, 1.807) is 0 Å². The molecule has 2 heterocycles. The summed E-state index contributed by atoms with van der Waals surface area (Å²) in [6.45, 7) is 1.98. The van der Waals surface area contributed by atoms with Crippen LogP contribution >= 0.6 is 0 Å². The monoisotopic (exact) mass is 318 g/mol. The van der Waals surface area contributed by atoms with Gasteiger partial charge in [0.1, 0.15) is 5.75 Å². The van der Waals surface area contributed by atoms with Crippen LogP contribution in [0.2, 0.25) is 0 Å². The normalized spacial score (nSPS) is 27.3. The minimum atomic E-state index is -0.532. The lowest BCUT2D eigenvalue weighted by Gasteiger charge is -2.21. The summed E-state index contributed by atoms with van der Waals surface area (Å²) in [6.07, 6.45) is 4.79. The van der Waals surface area contributed by atoms with Gasteiger partial charge in [-0.15, -0.1) is 0 Å². The van der Waals surface area contributed by atoms with E-state index in [0.29, 0.717) is 32.2 Å². The summed E-state index contributed by atoms with van der Waals surface area (Å²) in [5.74, 6) is 1.32. The Kier molecular flexibility index (Phi) is 5.51. The molecule has 3 aliphatic rings. The molecule has 1 fully saturated rings. The van der Waals surface area contributed by atoms with E-state index < -0.39 is 6.04 Å². The van der Waals surface area contributed by atoms with Gasteiger partial charge >= 0.3 is 0 Å². The lowest BCUT2D eigenvalue weighted by atomic mass is 10.0. The Balaban J connectivity index is 1.66. The van der Waals surface area contributed by atoms with Gasteiger partial charge in [-0.05, 0) is 55.7 Å². The molecule has 3 N–H and O–H groups in total. The van der Waals surface area contributed by atoms with E-state index in [9.17, 15) is 4.79 Å². The maximum Gasteiger partial charge on any atom is 0.237 e. The number of fused-ring (bicyclic) bond motifs is 13. The molecule has 0 aromatic heterocycles. The predicted octanol–water partition coefficient (Wildman–Crippen LogP) is 1.64. The number of hydrogen-bond donors (Lipinski definition) is 2. The molecule has 1 amide bonds. The molecule has 0 spiro atoms. The maximum atomic E-state index is 12.3. The first kappa shape index (κ1) is 16.3. The molecule has 1 saturated carbocycles. The number of hydrogen-bond acceptors (Lipinski definition) is 4. The lowest BCUT2D eigenvalue weighted by molar-refractivity contribution is -0.123. The molecule has 126 valence electrons. The molecule has 0 saturated heterocycles. The third-order valence-electron chi connectivity index (χ3n) is 4.48. The van der Waals surface area contributed by atoms with Crippen LogP contribution < -0.4 is 15.8 Å². The third kappa shape index (κ3) is 4.94. The second-order valence-corrected chi connectivity index (χ2v) is 6.54. The fourth-order valence-corrected chi connectivity index (χ4v) is 2.86. The molecule has 4 rings (SSSR count). The summed E-state index contributed by atoms with van der Waals surface area (Å²) in [4.78, 5) is 12.3. The summed E-state index contributed by atoms with van der Waals surface area (Å²) >= 11 is 0. The highest BCUT2D eigenvalue weighted by Crippen LogP contribution is 2.32. The minimum Gasteiger partial charge on any atom is -0.494 e. The van der Waals surface area contributed by atoms with E-state index in [-0.39, 0.29) is 11.9 Å². The molecular formula is C18H26N2O3. The quantitative estimate of drug-likeness (QED) is 0.825. The lowest BCUT2D eigenvalue weighted by Crippen LogP contribution is -2.48. The van der Waals surface area contributed by atoms with Crippen molar-refractivity contribution in [3.05, 3.63) is 29.8 Å². The summed E-state index contributed by atoms with van der Waals surface area (Å²) < 4.78 is 11.5. The van der Waals surface area contributed by atoms with E-state index in [0.717, 1.165) is 24.2 Å². The van der Waals surface area contributed by atoms with Crippen molar-refractivity contribution in [1.29, 1.82) is 0 Å².